The number of rotatable bonds is 2. The molecule has 3 aromatic rings. The van der Waals surface area contributed by atoms with E-state index in [-0.39, 0.29) is 5.91 Å². The van der Waals surface area contributed by atoms with Gasteiger partial charge in [-0.05, 0) is 50.1 Å². The molecule has 22 heavy (non-hydrogen) atoms. The largest absolute Gasteiger partial charge is 0.321 e. The van der Waals surface area contributed by atoms with Crippen LogP contribution in [0.15, 0.2) is 30.5 Å². The highest BCUT2D eigenvalue weighted by Gasteiger charge is 2.10. The summed E-state index contributed by atoms with van der Waals surface area (Å²) in [6.07, 6.45) is 1.66. The fourth-order valence-electron chi connectivity index (χ4n) is 2.46. The number of nitrogens with one attached hydrogen (secondary N) is 1. The first-order valence-electron chi connectivity index (χ1n) is 7.13. The molecule has 0 saturated heterocycles. The molecule has 2 heterocycles. The molecule has 2 aromatic heterocycles. The zero-order valence-electron chi connectivity index (χ0n) is 13.1. The van der Waals surface area contributed by atoms with E-state index in [0.717, 1.165) is 22.3 Å². The van der Waals surface area contributed by atoms with E-state index in [0.29, 0.717) is 11.3 Å². The molecule has 0 radical (unpaired) electrons. The van der Waals surface area contributed by atoms with E-state index in [1.165, 1.54) is 5.56 Å². The van der Waals surface area contributed by atoms with Gasteiger partial charge >= 0.3 is 0 Å². The number of benzene rings is 1. The maximum Gasteiger partial charge on any atom is 0.255 e. The van der Waals surface area contributed by atoms with Crippen molar-refractivity contribution < 1.29 is 4.79 Å². The molecule has 0 bridgehead atoms. The standard InChI is InChI=1S/C17H18N4O/c1-10-5-6-13(7-11(10)2)17(22)19-14-8-15-12(3)20-21(4)16(15)18-9-14/h5-9H,1-4H3,(H,19,22). The second kappa shape index (κ2) is 5.26. The molecule has 1 aromatic carbocycles. The highest BCUT2D eigenvalue weighted by atomic mass is 16.1. The van der Waals surface area contributed by atoms with Crippen LogP contribution < -0.4 is 5.32 Å². The summed E-state index contributed by atoms with van der Waals surface area (Å²) >= 11 is 0. The number of carbonyl (C=O) groups is 1. The topological polar surface area (TPSA) is 59.8 Å². The van der Waals surface area contributed by atoms with Crippen molar-refractivity contribution in [3.63, 3.8) is 0 Å². The smallest absolute Gasteiger partial charge is 0.255 e. The second-order valence-corrected chi connectivity index (χ2v) is 5.56. The summed E-state index contributed by atoms with van der Waals surface area (Å²) in [5.74, 6) is -0.134. The summed E-state index contributed by atoms with van der Waals surface area (Å²) in [5.41, 5.74) is 5.29. The minimum absolute atomic E-state index is 0.134. The summed E-state index contributed by atoms with van der Waals surface area (Å²) in [5, 5.41) is 8.17. The Morgan fingerprint density at radius 3 is 2.64 bits per heavy atom. The summed E-state index contributed by atoms with van der Waals surface area (Å²) in [4.78, 5) is 16.7. The van der Waals surface area contributed by atoms with Crippen molar-refractivity contribution in [1.29, 1.82) is 0 Å². The summed E-state index contributed by atoms with van der Waals surface area (Å²) in [6.45, 7) is 5.96. The molecule has 5 heteroatoms. The van der Waals surface area contributed by atoms with E-state index in [1.54, 1.807) is 10.9 Å². The maximum absolute atomic E-state index is 12.3. The third-order valence-electron chi connectivity index (χ3n) is 3.89. The van der Waals surface area contributed by atoms with E-state index in [1.807, 2.05) is 52.1 Å². The molecule has 1 N–H and O–H groups in total. The van der Waals surface area contributed by atoms with Crippen molar-refractivity contribution in [1.82, 2.24) is 14.8 Å². The van der Waals surface area contributed by atoms with Gasteiger partial charge in [-0.15, -0.1) is 0 Å². The van der Waals surface area contributed by atoms with E-state index < -0.39 is 0 Å². The number of pyridine rings is 1. The SMILES string of the molecule is Cc1ccc(C(=O)Nc2cnc3c(c2)c(C)nn3C)cc1C. The first-order valence-corrected chi connectivity index (χ1v) is 7.13. The molecule has 0 aliphatic heterocycles. The Bertz CT molecular complexity index is 880. The molecule has 0 aliphatic carbocycles. The third kappa shape index (κ3) is 2.45. The Morgan fingerprint density at radius 1 is 1.14 bits per heavy atom. The van der Waals surface area contributed by atoms with Crippen LogP contribution in [0.25, 0.3) is 11.0 Å². The van der Waals surface area contributed by atoms with Crippen molar-refractivity contribution in [3.05, 3.63) is 52.8 Å². The number of aromatic nitrogens is 3. The highest BCUT2D eigenvalue weighted by molar-refractivity contribution is 6.05. The average Bonchev–Trinajstić information content (AvgIpc) is 2.76. The molecule has 3 rings (SSSR count). The van der Waals surface area contributed by atoms with E-state index in [2.05, 4.69) is 15.4 Å². The van der Waals surface area contributed by atoms with Crippen LogP contribution >= 0.6 is 0 Å². The van der Waals surface area contributed by atoms with Gasteiger partial charge in [0.2, 0.25) is 0 Å². The fraction of sp³-hybridized carbons (Fsp3) is 0.235. The van der Waals surface area contributed by atoms with E-state index in [9.17, 15) is 4.79 Å². The first-order chi connectivity index (χ1) is 10.5. The number of carbonyl (C=O) groups excluding carboxylic acids is 1. The Balaban J connectivity index is 1.90. The number of fused-ring (bicyclic) bond motifs is 1. The molecule has 1 amide bonds. The van der Waals surface area contributed by atoms with Crippen LogP contribution in [0, 0.1) is 20.8 Å². The van der Waals surface area contributed by atoms with Gasteiger partial charge in [0.25, 0.3) is 5.91 Å². The minimum atomic E-state index is -0.134. The van der Waals surface area contributed by atoms with Gasteiger partial charge in [0.1, 0.15) is 0 Å². The van der Waals surface area contributed by atoms with Crippen LogP contribution in [0.2, 0.25) is 0 Å². The van der Waals surface area contributed by atoms with Gasteiger partial charge in [0, 0.05) is 18.0 Å². The molecular formula is C17H18N4O. The molecule has 0 fully saturated rings. The normalized spacial score (nSPS) is 10.9. The Hall–Kier alpha value is -2.69. The number of anilines is 1. The predicted octanol–water partition coefficient (Wildman–Crippen LogP) is 3.15. The average molecular weight is 294 g/mol. The van der Waals surface area contributed by atoms with Crippen molar-refractivity contribution in [2.24, 2.45) is 7.05 Å². The van der Waals surface area contributed by atoms with Crippen molar-refractivity contribution in [2.45, 2.75) is 20.8 Å². The highest BCUT2D eigenvalue weighted by Crippen LogP contribution is 2.20. The van der Waals surface area contributed by atoms with Gasteiger partial charge in [0.15, 0.2) is 5.65 Å². The lowest BCUT2D eigenvalue weighted by atomic mass is 10.1. The maximum atomic E-state index is 12.3. The van der Waals surface area contributed by atoms with Gasteiger partial charge < -0.3 is 5.32 Å². The van der Waals surface area contributed by atoms with Gasteiger partial charge in [-0.1, -0.05) is 6.07 Å². The van der Waals surface area contributed by atoms with Crippen LogP contribution in [-0.2, 0) is 7.05 Å². The number of hydrogen-bond donors (Lipinski definition) is 1. The van der Waals surface area contributed by atoms with Crippen LogP contribution in [0.4, 0.5) is 5.69 Å². The number of amides is 1. The minimum Gasteiger partial charge on any atom is -0.321 e. The first kappa shape index (κ1) is 14.3. The number of aryl methyl sites for hydroxylation is 4. The summed E-state index contributed by atoms with van der Waals surface area (Å²) < 4.78 is 1.74. The number of hydrogen-bond acceptors (Lipinski definition) is 3. The lowest BCUT2D eigenvalue weighted by molar-refractivity contribution is 0.102. The lowest BCUT2D eigenvalue weighted by Crippen LogP contribution is -2.12. The van der Waals surface area contributed by atoms with Gasteiger partial charge in [-0.2, -0.15) is 5.10 Å². The molecule has 0 saturated carbocycles. The van der Waals surface area contributed by atoms with Crippen LogP contribution in [0.3, 0.4) is 0 Å². The van der Waals surface area contributed by atoms with Crippen molar-refractivity contribution in [2.75, 3.05) is 5.32 Å². The van der Waals surface area contributed by atoms with Crippen molar-refractivity contribution >= 4 is 22.6 Å². The second-order valence-electron chi connectivity index (χ2n) is 5.56. The third-order valence-corrected chi connectivity index (χ3v) is 3.89. The lowest BCUT2D eigenvalue weighted by Gasteiger charge is -2.07. The molecule has 0 aliphatic rings. The monoisotopic (exact) mass is 294 g/mol. The zero-order valence-corrected chi connectivity index (χ0v) is 13.1. The van der Waals surface area contributed by atoms with Gasteiger partial charge in [-0.25, -0.2) is 4.98 Å². The van der Waals surface area contributed by atoms with Gasteiger partial charge in [-0.3, -0.25) is 9.48 Å². The predicted molar refractivity (Wildman–Crippen MR) is 87.1 cm³/mol. The molecule has 0 atom stereocenters. The Labute approximate surface area is 129 Å². The van der Waals surface area contributed by atoms with Crippen LogP contribution in [-0.4, -0.2) is 20.7 Å². The quantitative estimate of drug-likeness (QED) is 0.790. The van der Waals surface area contributed by atoms with Gasteiger partial charge in [0.05, 0.1) is 17.6 Å². The molecule has 112 valence electrons. The molecular weight excluding hydrogens is 276 g/mol. The Kier molecular flexibility index (Phi) is 3.41. The zero-order chi connectivity index (χ0) is 15.9. The molecule has 0 unspecified atom stereocenters. The van der Waals surface area contributed by atoms with E-state index >= 15 is 0 Å². The number of nitrogens with zero attached hydrogens (tertiary/aromatic N) is 3. The molecule has 5 nitrogen and oxygen atoms in total. The molecule has 0 spiro atoms. The van der Waals surface area contributed by atoms with E-state index in [4.69, 9.17) is 0 Å². The van der Waals surface area contributed by atoms with Crippen LogP contribution in [0.5, 0.6) is 0 Å². The van der Waals surface area contributed by atoms with Crippen molar-refractivity contribution in [3.8, 4) is 0 Å². The fourth-order valence-corrected chi connectivity index (χ4v) is 2.46. The summed E-state index contributed by atoms with van der Waals surface area (Å²) in [6, 6.07) is 7.59. The Morgan fingerprint density at radius 2 is 1.91 bits per heavy atom. The summed E-state index contributed by atoms with van der Waals surface area (Å²) in [7, 11) is 1.86. The van der Waals surface area contributed by atoms with Crippen LogP contribution in [0.1, 0.15) is 27.2 Å².